The van der Waals surface area contributed by atoms with E-state index in [4.69, 9.17) is 9.47 Å². The summed E-state index contributed by atoms with van der Waals surface area (Å²) in [5.74, 6) is -0.0423. The number of halogens is 2. The fraction of sp³-hybridized carbons (Fsp3) is 0.130. The van der Waals surface area contributed by atoms with E-state index in [1.54, 1.807) is 36.4 Å². The van der Waals surface area contributed by atoms with Gasteiger partial charge in [-0.2, -0.15) is 10.2 Å². The minimum atomic E-state index is -0.597. The van der Waals surface area contributed by atoms with Gasteiger partial charge in [-0.25, -0.2) is 10.9 Å². The third-order valence-electron chi connectivity index (χ3n) is 3.76. The van der Waals surface area contributed by atoms with Crippen LogP contribution in [0.5, 0.6) is 11.5 Å². The first-order valence-corrected chi connectivity index (χ1v) is 11.2. The molecular weight excluding hydrogens is 556 g/mol. The van der Waals surface area contributed by atoms with Crippen molar-refractivity contribution in [2.75, 3.05) is 13.2 Å². The molecule has 33 heavy (non-hydrogen) atoms. The molecule has 0 fully saturated rings. The molecule has 0 aromatic heterocycles. The van der Waals surface area contributed by atoms with E-state index in [-0.39, 0.29) is 0 Å². The fourth-order valence-corrected chi connectivity index (χ4v) is 3.13. The van der Waals surface area contributed by atoms with Gasteiger partial charge < -0.3 is 9.47 Å². The normalized spacial score (nSPS) is 10.7. The van der Waals surface area contributed by atoms with Crippen molar-refractivity contribution in [2.24, 2.45) is 10.2 Å². The molecule has 0 spiro atoms. The minimum absolute atomic E-state index is 0.331. The number of nitrogens with zero attached hydrogens (tertiary/aromatic N) is 2. The van der Waals surface area contributed by atoms with Gasteiger partial charge in [0.05, 0.1) is 12.4 Å². The van der Waals surface area contributed by atoms with E-state index < -0.39 is 18.2 Å². The van der Waals surface area contributed by atoms with Crippen molar-refractivity contribution in [3.63, 3.8) is 0 Å². The molecule has 10 heteroatoms. The van der Waals surface area contributed by atoms with Crippen LogP contribution in [-0.4, -0.2) is 37.5 Å². The van der Waals surface area contributed by atoms with Crippen LogP contribution in [0.4, 0.5) is 0 Å². The summed E-state index contributed by atoms with van der Waals surface area (Å²) in [6, 6.07) is 10.7. The Morgan fingerprint density at radius 3 is 1.64 bits per heavy atom. The topological polar surface area (TPSA) is 101 Å². The summed E-state index contributed by atoms with van der Waals surface area (Å²) in [6.07, 6.45) is 5.64. The molecule has 0 aliphatic rings. The Hall–Kier alpha value is -3.24. The highest BCUT2D eigenvalue weighted by Crippen LogP contribution is 2.22. The quantitative estimate of drug-likeness (QED) is 0.170. The maximum Gasteiger partial charge on any atom is 0.249 e. The van der Waals surface area contributed by atoms with Crippen LogP contribution in [-0.2, 0) is 9.59 Å². The van der Waals surface area contributed by atoms with Gasteiger partial charge in [0, 0.05) is 20.1 Å². The van der Waals surface area contributed by atoms with Gasteiger partial charge in [-0.05, 0) is 36.4 Å². The smallest absolute Gasteiger partial charge is 0.249 e. The maximum atomic E-state index is 12.0. The highest BCUT2D eigenvalue weighted by molar-refractivity contribution is 9.10. The van der Waals surface area contributed by atoms with Crippen LogP contribution < -0.4 is 20.3 Å². The summed E-state index contributed by atoms with van der Waals surface area (Å²) in [4.78, 5) is 24.0. The molecule has 2 rings (SSSR count). The molecule has 0 radical (unpaired) electrons. The summed E-state index contributed by atoms with van der Waals surface area (Å²) in [6.45, 7) is 7.88. The molecule has 0 saturated carbocycles. The number of amides is 2. The first-order valence-electron chi connectivity index (χ1n) is 9.63. The summed E-state index contributed by atoms with van der Waals surface area (Å²) in [5, 5.41) is 7.77. The van der Waals surface area contributed by atoms with E-state index >= 15 is 0 Å². The molecule has 2 N–H and O–H groups in total. The molecule has 0 unspecified atom stereocenters. The van der Waals surface area contributed by atoms with Crippen molar-refractivity contribution >= 4 is 56.1 Å². The largest absolute Gasteiger partial charge is 0.489 e. The first-order chi connectivity index (χ1) is 15.9. The van der Waals surface area contributed by atoms with Gasteiger partial charge >= 0.3 is 0 Å². The number of nitrogens with one attached hydrogen (secondary N) is 2. The number of hydrazone groups is 2. The average molecular weight is 578 g/mol. The monoisotopic (exact) mass is 576 g/mol. The van der Waals surface area contributed by atoms with E-state index in [0.717, 1.165) is 8.95 Å². The third-order valence-corrected chi connectivity index (χ3v) is 4.75. The van der Waals surface area contributed by atoms with Gasteiger partial charge in [-0.15, -0.1) is 0 Å². The maximum absolute atomic E-state index is 12.0. The standard InChI is InChI=1S/C23H22Br2N4O4/c1-3-9-32-20-7-5-18(24)11-16(20)14-26-28-22(30)13-23(31)29-27-15-17-12-19(25)6-8-21(17)33-10-4-2/h3-8,11-12,14-15H,1-2,9-10,13H2,(H,28,30)(H,29,31)/b26-14+,27-15+. The number of ether oxygens (including phenoxy) is 2. The van der Waals surface area contributed by atoms with Gasteiger partial charge in [0.1, 0.15) is 31.1 Å². The Labute approximate surface area is 208 Å². The van der Waals surface area contributed by atoms with Crippen LogP contribution in [0, 0.1) is 0 Å². The molecule has 0 aliphatic heterocycles. The van der Waals surface area contributed by atoms with Crippen molar-refractivity contribution in [3.8, 4) is 11.5 Å². The van der Waals surface area contributed by atoms with Gasteiger partial charge in [-0.1, -0.05) is 57.2 Å². The Morgan fingerprint density at radius 1 is 0.818 bits per heavy atom. The lowest BCUT2D eigenvalue weighted by Crippen LogP contribution is -2.27. The van der Waals surface area contributed by atoms with Crippen molar-refractivity contribution in [3.05, 3.63) is 81.8 Å². The van der Waals surface area contributed by atoms with E-state index in [9.17, 15) is 9.59 Å². The summed E-state index contributed by atoms with van der Waals surface area (Å²) >= 11 is 6.75. The Kier molecular flexibility index (Phi) is 11.1. The van der Waals surface area contributed by atoms with Crippen molar-refractivity contribution < 1.29 is 19.1 Å². The van der Waals surface area contributed by atoms with E-state index in [1.165, 1.54) is 12.4 Å². The zero-order valence-electron chi connectivity index (χ0n) is 17.6. The number of benzene rings is 2. The molecule has 0 atom stereocenters. The van der Waals surface area contributed by atoms with Crippen LogP contribution in [0.1, 0.15) is 17.5 Å². The number of hydrogen-bond donors (Lipinski definition) is 2. The molecule has 0 aliphatic carbocycles. The predicted molar refractivity (Wildman–Crippen MR) is 136 cm³/mol. The zero-order chi connectivity index (χ0) is 24.1. The summed E-state index contributed by atoms with van der Waals surface area (Å²) < 4.78 is 12.7. The zero-order valence-corrected chi connectivity index (χ0v) is 20.8. The molecule has 0 saturated heterocycles. The lowest BCUT2D eigenvalue weighted by Gasteiger charge is -2.07. The lowest BCUT2D eigenvalue weighted by molar-refractivity contribution is -0.129. The molecule has 2 aromatic carbocycles. The molecular formula is C23H22Br2N4O4. The fourth-order valence-electron chi connectivity index (χ4n) is 2.37. The van der Waals surface area contributed by atoms with Crippen molar-refractivity contribution in [1.82, 2.24) is 10.9 Å². The van der Waals surface area contributed by atoms with E-state index in [1.807, 2.05) is 12.1 Å². The highest BCUT2D eigenvalue weighted by atomic mass is 79.9. The SMILES string of the molecule is C=CCOc1ccc(Br)cc1/C=N/NC(=O)CC(=O)N/N=C/c1cc(Br)ccc1OCC=C. The second-order valence-corrected chi connectivity index (χ2v) is 8.16. The lowest BCUT2D eigenvalue weighted by atomic mass is 10.2. The summed E-state index contributed by atoms with van der Waals surface area (Å²) in [7, 11) is 0. The molecule has 172 valence electrons. The van der Waals surface area contributed by atoms with Gasteiger partial charge in [0.2, 0.25) is 11.8 Å². The first kappa shape index (κ1) is 26.0. The molecule has 2 amide bonds. The van der Waals surface area contributed by atoms with E-state index in [2.05, 4.69) is 66.1 Å². The molecule has 0 bridgehead atoms. The van der Waals surface area contributed by atoms with Crippen LogP contribution in [0.15, 0.2) is 80.9 Å². The number of hydrogen-bond acceptors (Lipinski definition) is 6. The third kappa shape index (κ3) is 9.42. The number of carbonyl (C=O) groups is 2. The van der Waals surface area contributed by atoms with Crippen LogP contribution in [0.3, 0.4) is 0 Å². The van der Waals surface area contributed by atoms with Crippen molar-refractivity contribution in [1.29, 1.82) is 0 Å². The second kappa shape index (κ2) is 14.0. The number of rotatable bonds is 12. The predicted octanol–water partition coefficient (Wildman–Crippen LogP) is 4.33. The minimum Gasteiger partial charge on any atom is -0.489 e. The Bertz CT molecular complexity index is 987. The van der Waals surface area contributed by atoms with Gasteiger partial charge in [0.25, 0.3) is 0 Å². The van der Waals surface area contributed by atoms with Gasteiger partial charge in [0.15, 0.2) is 0 Å². The number of carbonyl (C=O) groups excluding carboxylic acids is 2. The Morgan fingerprint density at radius 2 is 1.24 bits per heavy atom. The van der Waals surface area contributed by atoms with E-state index in [0.29, 0.717) is 35.8 Å². The second-order valence-electron chi connectivity index (χ2n) is 6.33. The molecule has 2 aromatic rings. The van der Waals surface area contributed by atoms with Gasteiger partial charge in [-0.3, -0.25) is 9.59 Å². The van der Waals surface area contributed by atoms with Crippen LogP contribution in [0.25, 0.3) is 0 Å². The molecule has 0 heterocycles. The van der Waals surface area contributed by atoms with Crippen LogP contribution in [0.2, 0.25) is 0 Å². The molecule has 8 nitrogen and oxygen atoms in total. The summed E-state index contributed by atoms with van der Waals surface area (Å²) in [5.41, 5.74) is 5.89. The Balaban J connectivity index is 1.89. The van der Waals surface area contributed by atoms with Crippen molar-refractivity contribution in [2.45, 2.75) is 6.42 Å². The highest BCUT2D eigenvalue weighted by Gasteiger charge is 2.09. The van der Waals surface area contributed by atoms with Crippen LogP contribution >= 0.6 is 31.9 Å². The average Bonchev–Trinajstić information content (AvgIpc) is 2.78.